The van der Waals surface area contributed by atoms with Crippen LogP contribution in [0.25, 0.3) is 11.1 Å². The number of ether oxygens (including phenoxy) is 1. The van der Waals surface area contributed by atoms with Gasteiger partial charge in [-0.15, -0.1) is 0 Å². The monoisotopic (exact) mass is 337 g/mol. The summed E-state index contributed by atoms with van der Waals surface area (Å²) in [6, 6.07) is 23.9. The minimum atomic E-state index is -0.668. The lowest BCUT2D eigenvalue weighted by Crippen LogP contribution is -2.26. The van der Waals surface area contributed by atoms with Crippen LogP contribution >= 0.6 is 0 Å². The van der Waals surface area contributed by atoms with E-state index in [4.69, 9.17) is 4.74 Å². The quantitative estimate of drug-likeness (QED) is 0.674. The van der Waals surface area contributed by atoms with Crippen molar-refractivity contribution in [2.24, 2.45) is 0 Å². The highest BCUT2D eigenvalue weighted by Crippen LogP contribution is 2.22. The zero-order valence-corrected chi connectivity index (χ0v) is 13.7. The van der Waals surface area contributed by atoms with Gasteiger partial charge < -0.3 is 15.2 Å². The molecule has 128 valence electrons. The van der Waals surface area contributed by atoms with Gasteiger partial charge in [0.2, 0.25) is 0 Å². The molecule has 0 saturated carbocycles. The van der Waals surface area contributed by atoms with E-state index in [1.54, 1.807) is 12.1 Å². The SMILES string of the molecule is OC(CNc1ccc(F)cc1)COc1ccc(-c2ccccc2)cc1. The second-order valence-electron chi connectivity index (χ2n) is 5.74. The molecule has 0 radical (unpaired) electrons. The summed E-state index contributed by atoms with van der Waals surface area (Å²) in [6.07, 6.45) is -0.668. The fraction of sp³-hybridized carbons (Fsp3) is 0.143. The molecule has 0 aromatic heterocycles. The van der Waals surface area contributed by atoms with Gasteiger partial charge >= 0.3 is 0 Å². The van der Waals surface area contributed by atoms with Gasteiger partial charge in [-0.1, -0.05) is 42.5 Å². The van der Waals surface area contributed by atoms with Gasteiger partial charge in [-0.2, -0.15) is 0 Å². The van der Waals surface area contributed by atoms with Crippen LogP contribution in [-0.4, -0.2) is 24.4 Å². The van der Waals surface area contributed by atoms with Gasteiger partial charge in [-0.05, 0) is 47.5 Å². The van der Waals surface area contributed by atoms with Crippen molar-refractivity contribution < 1.29 is 14.2 Å². The molecule has 0 fully saturated rings. The molecule has 0 saturated heterocycles. The predicted molar refractivity (Wildman–Crippen MR) is 98.3 cm³/mol. The van der Waals surface area contributed by atoms with E-state index in [-0.39, 0.29) is 12.4 Å². The lowest BCUT2D eigenvalue weighted by molar-refractivity contribution is 0.117. The standard InChI is InChI=1S/C21H20FNO2/c22-18-8-10-19(11-9-18)23-14-20(24)15-25-21-12-6-17(7-13-21)16-4-2-1-3-5-16/h1-13,20,23-24H,14-15H2. The Kier molecular flexibility index (Phi) is 5.65. The topological polar surface area (TPSA) is 41.5 Å². The zero-order chi connectivity index (χ0) is 17.5. The Morgan fingerprint density at radius 1 is 0.840 bits per heavy atom. The van der Waals surface area contributed by atoms with Crippen LogP contribution in [-0.2, 0) is 0 Å². The maximum absolute atomic E-state index is 12.8. The minimum absolute atomic E-state index is 0.179. The highest BCUT2D eigenvalue weighted by Gasteiger charge is 2.06. The Labute approximate surface area is 146 Å². The average molecular weight is 337 g/mol. The Morgan fingerprint density at radius 3 is 2.16 bits per heavy atom. The molecule has 3 nitrogen and oxygen atoms in total. The van der Waals surface area contributed by atoms with Crippen LogP contribution in [0.15, 0.2) is 78.9 Å². The smallest absolute Gasteiger partial charge is 0.123 e. The molecule has 0 amide bonds. The molecule has 1 atom stereocenters. The molecule has 4 heteroatoms. The Morgan fingerprint density at radius 2 is 1.48 bits per heavy atom. The molecule has 2 N–H and O–H groups in total. The van der Waals surface area contributed by atoms with E-state index in [0.29, 0.717) is 12.3 Å². The van der Waals surface area contributed by atoms with Crippen LogP contribution in [0.1, 0.15) is 0 Å². The van der Waals surface area contributed by atoms with E-state index in [1.165, 1.54) is 12.1 Å². The van der Waals surface area contributed by atoms with Crippen molar-refractivity contribution in [2.45, 2.75) is 6.10 Å². The molecule has 1 unspecified atom stereocenters. The van der Waals surface area contributed by atoms with Crippen LogP contribution in [0.3, 0.4) is 0 Å². The molecular weight excluding hydrogens is 317 g/mol. The normalized spacial score (nSPS) is 11.8. The third-order valence-corrected chi connectivity index (χ3v) is 3.79. The van der Waals surface area contributed by atoms with E-state index in [2.05, 4.69) is 17.4 Å². The van der Waals surface area contributed by atoms with Gasteiger partial charge in [-0.25, -0.2) is 4.39 Å². The summed E-state index contributed by atoms with van der Waals surface area (Å²) in [5, 5.41) is 13.0. The highest BCUT2D eigenvalue weighted by atomic mass is 19.1. The van der Waals surface area contributed by atoms with Crippen LogP contribution in [0.4, 0.5) is 10.1 Å². The van der Waals surface area contributed by atoms with E-state index in [9.17, 15) is 9.50 Å². The number of aliphatic hydroxyl groups is 1. The molecule has 0 aliphatic heterocycles. The zero-order valence-electron chi connectivity index (χ0n) is 13.7. The maximum atomic E-state index is 12.8. The summed E-state index contributed by atoms with van der Waals surface area (Å²) in [6.45, 7) is 0.507. The summed E-state index contributed by atoms with van der Waals surface area (Å²) in [5.74, 6) is 0.425. The van der Waals surface area contributed by atoms with E-state index >= 15 is 0 Å². The third kappa shape index (κ3) is 5.06. The number of nitrogens with one attached hydrogen (secondary N) is 1. The van der Waals surface area contributed by atoms with Gasteiger partial charge in [0.05, 0.1) is 0 Å². The Hall–Kier alpha value is -2.85. The van der Waals surface area contributed by atoms with Crippen molar-refractivity contribution in [2.75, 3.05) is 18.5 Å². The fourth-order valence-corrected chi connectivity index (χ4v) is 2.43. The summed E-state index contributed by atoms with van der Waals surface area (Å²) in [4.78, 5) is 0. The Bertz CT molecular complexity index is 773. The third-order valence-electron chi connectivity index (χ3n) is 3.79. The van der Waals surface area contributed by atoms with E-state index < -0.39 is 6.10 Å². The van der Waals surface area contributed by atoms with Crippen LogP contribution in [0.5, 0.6) is 5.75 Å². The second kappa shape index (κ2) is 8.31. The first kappa shape index (κ1) is 17.0. The summed E-state index contributed by atoms with van der Waals surface area (Å²) >= 11 is 0. The largest absolute Gasteiger partial charge is 0.491 e. The molecule has 3 aromatic rings. The van der Waals surface area contributed by atoms with Gasteiger partial charge in [-0.3, -0.25) is 0 Å². The fourth-order valence-electron chi connectivity index (χ4n) is 2.43. The first-order valence-corrected chi connectivity index (χ1v) is 8.16. The van der Waals surface area contributed by atoms with Crippen molar-refractivity contribution in [1.29, 1.82) is 0 Å². The number of hydrogen-bond acceptors (Lipinski definition) is 3. The molecule has 25 heavy (non-hydrogen) atoms. The first-order chi connectivity index (χ1) is 12.2. The molecule has 0 spiro atoms. The lowest BCUT2D eigenvalue weighted by atomic mass is 10.1. The van der Waals surface area contributed by atoms with Crippen molar-refractivity contribution in [1.82, 2.24) is 0 Å². The molecule has 3 rings (SSSR count). The van der Waals surface area contributed by atoms with Crippen molar-refractivity contribution >= 4 is 5.69 Å². The van der Waals surface area contributed by atoms with Gasteiger partial charge in [0, 0.05) is 12.2 Å². The van der Waals surface area contributed by atoms with Crippen LogP contribution < -0.4 is 10.1 Å². The van der Waals surface area contributed by atoms with Gasteiger partial charge in [0.1, 0.15) is 24.3 Å². The van der Waals surface area contributed by atoms with Crippen LogP contribution in [0, 0.1) is 5.82 Å². The van der Waals surface area contributed by atoms with Crippen molar-refractivity contribution in [3.8, 4) is 16.9 Å². The molecule has 0 heterocycles. The minimum Gasteiger partial charge on any atom is -0.491 e. The number of anilines is 1. The lowest BCUT2D eigenvalue weighted by Gasteiger charge is -2.14. The molecule has 0 bridgehead atoms. The molecular formula is C21H20FNO2. The van der Waals surface area contributed by atoms with E-state index in [0.717, 1.165) is 16.8 Å². The second-order valence-corrected chi connectivity index (χ2v) is 5.74. The summed E-state index contributed by atoms with van der Waals surface area (Å²) < 4.78 is 18.4. The molecule has 0 aliphatic carbocycles. The first-order valence-electron chi connectivity index (χ1n) is 8.16. The molecule has 0 aliphatic rings. The highest BCUT2D eigenvalue weighted by molar-refractivity contribution is 5.63. The summed E-state index contributed by atoms with van der Waals surface area (Å²) in [7, 11) is 0. The van der Waals surface area contributed by atoms with E-state index in [1.807, 2.05) is 42.5 Å². The number of aliphatic hydroxyl groups excluding tert-OH is 1. The van der Waals surface area contributed by atoms with Gasteiger partial charge in [0.25, 0.3) is 0 Å². The van der Waals surface area contributed by atoms with Crippen molar-refractivity contribution in [3.63, 3.8) is 0 Å². The number of benzene rings is 3. The predicted octanol–water partition coefficient (Wildman–Crippen LogP) is 4.34. The van der Waals surface area contributed by atoms with Gasteiger partial charge in [0.15, 0.2) is 0 Å². The number of halogens is 1. The molecule has 3 aromatic carbocycles. The number of hydrogen-bond donors (Lipinski definition) is 2. The maximum Gasteiger partial charge on any atom is 0.123 e. The Balaban J connectivity index is 1.47. The summed E-state index contributed by atoms with van der Waals surface area (Å²) in [5.41, 5.74) is 3.02. The van der Waals surface area contributed by atoms with Crippen LogP contribution in [0.2, 0.25) is 0 Å². The number of rotatable bonds is 7. The average Bonchev–Trinajstić information content (AvgIpc) is 2.67. The van der Waals surface area contributed by atoms with Crippen molar-refractivity contribution in [3.05, 3.63) is 84.7 Å².